The third-order valence-electron chi connectivity index (χ3n) is 6.99. The topological polar surface area (TPSA) is 111 Å². The van der Waals surface area contributed by atoms with Crippen LogP contribution in [0.2, 0.25) is 0 Å². The molecular formula is C32H28N6O4S2. The lowest BCUT2D eigenvalue weighted by Crippen LogP contribution is -2.42. The lowest BCUT2D eigenvalue weighted by atomic mass is 10.1. The molecule has 0 spiro atoms. The maximum atomic E-state index is 14.2. The van der Waals surface area contributed by atoms with Crippen LogP contribution in [-0.2, 0) is 22.7 Å². The van der Waals surface area contributed by atoms with Gasteiger partial charge in [-0.2, -0.15) is 0 Å². The molecule has 6 aromatic rings. The number of nitrogens with one attached hydrogen (secondary N) is 1. The predicted molar refractivity (Wildman–Crippen MR) is 171 cm³/mol. The summed E-state index contributed by atoms with van der Waals surface area (Å²) in [5, 5.41) is 15.9. The van der Waals surface area contributed by atoms with Gasteiger partial charge < -0.3 is 19.7 Å². The molecule has 0 aliphatic carbocycles. The third-order valence-corrected chi connectivity index (χ3v) is 8.75. The minimum Gasteiger partial charge on any atom is -0.497 e. The summed E-state index contributed by atoms with van der Waals surface area (Å²) in [5.41, 5.74) is 3.64. The first-order chi connectivity index (χ1) is 21.5. The highest BCUT2D eigenvalue weighted by atomic mass is 32.1. The van der Waals surface area contributed by atoms with E-state index >= 15 is 0 Å². The van der Waals surface area contributed by atoms with E-state index in [1.165, 1.54) is 29.8 Å². The van der Waals surface area contributed by atoms with E-state index in [-0.39, 0.29) is 19.0 Å². The Kier molecular flexibility index (Phi) is 8.62. The zero-order valence-corrected chi connectivity index (χ0v) is 25.5. The molecule has 1 atom stereocenters. The molecule has 44 heavy (non-hydrogen) atoms. The number of nitrogens with zero attached hydrogens (tertiary/aromatic N) is 5. The highest BCUT2D eigenvalue weighted by molar-refractivity contribution is 7.10. The van der Waals surface area contributed by atoms with Crippen molar-refractivity contribution in [3.05, 3.63) is 106 Å². The second-order valence-corrected chi connectivity index (χ2v) is 11.6. The molecule has 2 amide bonds. The largest absolute Gasteiger partial charge is 0.497 e. The van der Waals surface area contributed by atoms with Crippen molar-refractivity contribution >= 4 is 51.2 Å². The summed E-state index contributed by atoms with van der Waals surface area (Å²) in [6.45, 7) is -0.00284. The molecule has 1 N–H and O–H groups in total. The molecule has 0 aliphatic rings. The predicted octanol–water partition coefficient (Wildman–Crippen LogP) is 6.04. The van der Waals surface area contributed by atoms with Gasteiger partial charge in [0.25, 0.3) is 5.91 Å². The van der Waals surface area contributed by atoms with Crippen LogP contribution in [-0.4, -0.2) is 50.9 Å². The summed E-state index contributed by atoms with van der Waals surface area (Å²) < 4.78 is 12.4. The summed E-state index contributed by atoms with van der Waals surface area (Å²) in [6, 6.07) is 25.2. The van der Waals surface area contributed by atoms with Gasteiger partial charge in [0.15, 0.2) is 0 Å². The summed E-state index contributed by atoms with van der Waals surface area (Å²) >= 11 is 2.84. The number of hydrogen-bond acceptors (Lipinski definition) is 9. The summed E-state index contributed by atoms with van der Waals surface area (Å²) in [6.07, 6.45) is 0. The molecule has 10 nitrogen and oxygen atoms in total. The van der Waals surface area contributed by atoms with Crippen molar-refractivity contribution in [1.29, 1.82) is 0 Å². The highest BCUT2D eigenvalue weighted by Gasteiger charge is 2.34. The Bertz CT molecular complexity index is 1890. The monoisotopic (exact) mass is 624 g/mol. The number of thiophene rings is 1. The van der Waals surface area contributed by atoms with Crippen molar-refractivity contribution in [1.82, 2.24) is 24.9 Å². The Morgan fingerprint density at radius 1 is 0.955 bits per heavy atom. The standard InChI is InChI=1S/C32H28N6O4S2/c1-41-22-14-15-24(27(17-22)42-2)34-32(40)31(28-13-8-16-43-28)37(18-29-33-25(20-44-29)21-9-4-3-5-10-21)30(39)19-38-26-12-7-6-11-23(26)35-36-38/h3-17,20,31H,18-19H2,1-2H3,(H,34,40). The maximum Gasteiger partial charge on any atom is 0.252 e. The van der Waals surface area contributed by atoms with E-state index in [0.29, 0.717) is 32.6 Å². The zero-order valence-electron chi connectivity index (χ0n) is 23.9. The molecule has 0 saturated carbocycles. The lowest BCUT2D eigenvalue weighted by Gasteiger charge is -2.30. The minimum atomic E-state index is -0.965. The number of carbonyl (C=O) groups is 2. The molecule has 0 aliphatic heterocycles. The van der Waals surface area contributed by atoms with E-state index in [1.807, 2.05) is 77.5 Å². The smallest absolute Gasteiger partial charge is 0.252 e. The number of ether oxygens (including phenoxy) is 2. The van der Waals surface area contributed by atoms with E-state index in [1.54, 1.807) is 34.9 Å². The number of methoxy groups -OCH3 is 2. The van der Waals surface area contributed by atoms with E-state index < -0.39 is 11.9 Å². The number of fused-ring (bicyclic) bond motifs is 1. The Morgan fingerprint density at radius 3 is 2.55 bits per heavy atom. The van der Waals surface area contributed by atoms with Crippen molar-refractivity contribution in [2.45, 2.75) is 19.1 Å². The van der Waals surface area contributed by atoms with Crippen molar-refractivity contribution in [3.63, 3.8) is 0 Å². The molecule has 3 aromatic heterocycles. The number of anilines is 1. The average Bonchev–Trinajstić information content (AvgIpc) is 3.84. The summed E-state index contributed by atoms with van der Waals surface area (Å²) in [4.78, 5) is 35.5. The van der Waals surface area contributed by atoms with Gasteiger partial charge in [0.05, 0.1) is 37.7 Å². The van der Waals surface area contributed by atoms with Crippen molar-refractivity contribution < 1.29 is 19.1 Å². The fourth-order valence-corrected chi connectivity index (χ4v) is 6.46. The molecule has 6 rings (SSSR count). The quantitative estimate of drug-likeness (QED) is 0.187. The number of thiazole rings is 1. The number of para-hydroxylation sites is 1. The highest BCUT2D eigenvalue weighted by Crippen LogP contribution is 2.34. The van der Waals surface area contributed by atoms with Crippen LogP contribution in [0.1, 0.15) is 15.9 Å². The van der Waals surface area contributed by atoms with Crippen LogP contribution in [0.3, 0.4) is 0 Å². The fraction of sp³-hybridized carbons (Fsp3) is 0.156. The number of aromatic nitrogens is 4. The second-order valence-electron chi connectivity index (χ2n) is 9.72. The van der Waals surface area contributed by atoms with Crippen LogP contribution < -0.4 is 14.8 Å². The molecule has 0 saturated heterocycles. The second kappa shape index (κ2) is 13.1. The van der Waals surface area contributed by atoms with Gasteiger partial charge in [0.2, 0.25) is 5.91 Å². The molecule has 1 unspecified atom stereocenters. The van der Waals surface area contributed by atoms with Gasteiger partial charge in [-0.1, -0.05) is 53.7 Å². The third kappa shape index (κ3) is 6.17. The molecule has 3 heterocycles. The van der Waals surface area contributed by atoms with Crippen LogP contribution in [0.4, 0.5) is 5.69 Å². The maximum absolute atomic E-state index is 14.2. The Morgan fingerprint density at radius 2 is 1.77 bits per heavy atom. The molecule has 0 bridgehead atoms. The summed E-state index contributed by atoms with van der Waals surface area (Å²) in [5.74, 6) is 0.312. The van der Waals surface area contributed by atoms with Gasteiger partial charge >= 0.3 is 0 Å². The molecule has 3 aromatic carbocycles. The van der Waals surface area contributed by atoms with E-state index in [2.05, 4.69) is 15.6 Å². The van der Waals surface area contributed by atoms with E-state index in [9.17, 15) is 9.59 Å². The number of carbonyl (C=O) groups excluding carboxylic acids is 2. The summed E-state index contributed by atoms with van der Waals surface area (Å²) in [7, 11) is 3.08. The zero-order chi connectivity index (χ0) is 30.5. The van der Waals surface area contributed by atoms with Gasteiger partial charge in [0.1, 0.15) is 34.6 Å². The molecular weight excluding hydrogens is 597 g/mol. The van der Waals surface area contributed by atoms with Gasteiger partial charge in [-0.05, 0) is 35.7 Å². The first-order valence-corrected chi connectivity index (χ1v) is 15.4. The Hall–Kier alpha value is -5.07. The average molecular weight is 625 g/mol. The van der Waals surface area contributed by atoms with Crippen LogP contribution >= 0.6 is 22.7 Å². The number of benzene rings is 3. The lowest BCUT2D eigenvalue weighted by molar-refractivity contribution is -0.140. The first-order valence-electron chi connectivity index (χ1n) is 13.7. The van der Waals surface area contributed by atoms with Crippen LogP contribution in [0.15, 0.2) is 95.7 Å². The number of rotatable bonds is 11. The molecule has 0 radical (unpaired) electrons. The molecule has 222 valence electrons. The van der Waals surface area contributed by atoms with Gasteiger partial charge in [0, 0.05) is 21.9 Å². The normalized spacial score (nSPS) is 11.7. The van der Waals surface area contributed by atoms with Crippen molar-refractivity contribution in [2.75, 3.05) is 19.5 Å². The number of amides is 2. The van der Waals surface area contributed by atoms with E-state index in [4.69, 9.17) is 14.5 Å². The van der Waals surface area contributed by atoms with E-state index in [0.717, 1.165) is 16.8 Å². The first kappa shape index (κ1) is 29.0. The molecule has 12 heteroatoms. The van der Waals surface area contributed by atoms with Crippen LogP contribution in [0.5, 0.6) is 11.5 Å². The van der Waals surface area contributed by atoms with Crippen molar-refractivity contribution in [2.24, 2.45) is 0 Å². The van der Waals surface area contributed by atoms with Crippen molar-refractivity contribution in [3.8, 4) is 22.8 Å². The van der Waals surface area contributed by atoms with Crippen LogP contribution in [0, 0.1) is 0 Å². The molecule has 0 fully saturated rings. The van der Waals surface area contributed by atoms with Gasteiger partial charge in [-0.25, -0.2) is 9.67 Å². The van der Waals surface area contributed by atoms with Gasteiger partial charge in [-0.3, -0.25) is 9.59 Å². The van der Waals surface area contributed by atoms with Gasteiger partial charge in [-0.15, -0.1) is 27.8 Å². The Balaban J connectivity index is 1.37. The SMILES string of the molecule is COc1ccc(NC(=O)C(c2cccs2)N(Cc2nc(-c3ccccc3)cs2)C(=O)Cn2nnc3ccccc32)c(OC)c1. The van der Waals surface area contributed by atoms with Crippen LogP contribution in [0.25, 0.3) is 22.3 Å². The number of hydrogen-bond donors (Lipinski definition) is 1. The Labute approximate surface area is 261 Å². The minimum absolute atomic E-state index is 0.110. The fourth-order valence-electron chi connectivity index (χ4n) is 4.82.